The van der Waals surface area contributed by atoms with Gasteiger partial charge in [-0.2, -0.15) is 4.98 Å². The van der Waals surface area contributed by atoms with Gasteiger partial charge in [0.25, 0.3) is 5.56 Å². The molecule has 27 heavy (non-hydrogen) atoms. The molecule has 3 aromatic rings. The highest BCUT2D eigenvalue weighted by Gasteiger charge is 2.26. The summed E-state index contributed by atoms with van der Waals surface area (Å²) >= 11 is 0. The van der Waals surface area contributed by atoms with Gasteiger partial charge in [-0.3, -0.25) is 23.1 Å². The van der Waals surface area contributed by atoms with E-state index in [1.807, 2.05) is 11.3 Å². The van der Waals surface area contributed by atoms with Gasteiger partial charge in [0.1, 0.15) is 5.78 Å². The zero-order chi connectivity index (χ0) is 19.5. The molecule has 0 atom stereocenters. The van der Waals surface area contributed by atoms with E-state index in [0.717, 1.165) is 28.8 Å². The fourth-order valence-electron chi connectivity index (χ4n) is 4.41. The van der Waals surface area contributed by atoms with Crippen molar-refractivity contribution < 1.29 is 4.79 Å². The molecule has 0 aliphatic heterocycles. The van der Waals surface area contributed by atoms with Crippen molar-refractivity contribution in [3.8, 4) is 0 Å². The predicted octanol–water partition coefficient (Wildman–Crippen LogP) is 1.86. The zero-order valence-corrected chi connectivity index (χ0v) is 16.3. The van der Waals surface area contributed by atoms with Crippen LogP contribution in [0.3, 0.4) is 0 Å². The lowest BCUT2D eigenvalue weighted by atomic mass is 9.95. The Morgan fingerprint density at radius 3 is 2.41 bits per heavy atom. The first-order chi connectivity index (χ1) is 12.8. The maximum absolute atomic E-state index is 13.1. The molecule has 0 N–H and O–H groups in total. The first-order valence-electron chi connectivity index (χ1n) is 9.51. The topological polar surface area (TPSA) is 83.3 Å². The van der Waals surface area contributed by atoms with Crippen molar-refractivity contribution in [2.75, 3.05) is 0 Å². The molecule has 3 heterocycles. The number of Topliss-reactive ketones (excluding diaryl/α,β-unsaturated/α-hetero) is 1. The summed E-state index contributed by atoms with van der Waals surface area (Å²) in [5, 5.41) is 0. The number of imidazole rings is 2. The molecule has 1 aliphatic rings. The molecule has 0 radical (unpaired) electrons. The number of fused-ring (bicyclic) bond motifs is 3. The molecule has 0 amide bonds. The van der Waals surface area contributed by atoms with Crippen LogP contribution in [0.1, 0.15) is 56.5 Å². The highest BCUT2D eigenvalue weighted by Crippen LogP contribution is 2.33. The SMILES string of the molecule is CC(=O)Cn1c(=O)c2c(nc3n(C4CCCCC4)c(C)c(C)n23)n(C)c1=O. The third-order valence-corrected chi connectivity index (χ3v) is 5.88. The number of hydrogen-bond acceptors (Lipinski definition) is 4. The summed E-state index contributed by atoms with van der Waals surface area (Å²) in [6.07, 6.45) is 5.84. The maximum Gasteiger partial charge on any atom is 0.332 e. The van der Waals surface area contributed by atoms with Crippen molar-refractivity contribution in [2.45, 2.75) is 65.5 Å². The molecule has 4 rings (SSSR count). The molecule has 1 aliphatic carbocycles. The lowest BCUT2D eigenvalue weighted by molar-refractivity contribution is -0.117. The molecular weight excluding hydrogens is 346 g/mol. The molecule has 8 nitrogen and oxygen atoms in total. The van der Waals surface area contributed by atoms with Gasteiger partial charge in [0.05, 0.1) is 6.54 Å². The first-order valence-corrected chi connectivity index (χ1v) is 9.51. The van der Waals surface area contributed by atoms with E-state index in [0.29, 0.717) is 23.0 Å². The average molecular weight is 371 g/mol. The Labute approximate surface area is 156 Å². The maximum atomic E-state index is 13.1. The fraction of sp³-hybridized carbons (Fsp3) is 0.579. The van der Waals surface area contributed by atoms with Crippen LogP contribution in [0.5, 0.6) is 0 Å². The minimum atomic E-state index is -0.512. The Bertz CT molecular complexity index is 1180. The minimum absolute atomic E-state index is 0.226. The Kier molecular flexibility index (Phi) is 4.09. The molecule has 144 valence electrons. The standard InChI is InChI=1S/C19H25N5O3/c1-11(25)10-22-17(26)15-16(21(4)19(22)27)20-18-23(12(2)13(3)24(15)18)14-8-6-5-7-9-14/h14H,5-10H2,1-4H3. The van der Waals surface area contributed by atoms with Crippen LogP contribution in [0.2, 0.25) is 0 Å². The average Bonchev–Trinajstić information content (AvgIpc) is 3.14. The minimum Gasteiger partial charge on any atom is -0.311 e. The Morgan fingerprint density at radius 2 is 1.78 bits per heavy atom. The second kappa shape index (κ2) is 6.21. The Balaban J connectivity index is 2.10. The summed E-state index contributed by atoms with van der Waals surface area (Å²) in [4.78, 5) is 42.0. The van der Waals surface area contributed by atoms with Crippen LogP contribution in [0.4, 0.5) is 0 Å². The summed E-state index contributed by atoms with van der Waals surface area (Å²) in [7, 11) is 1.60. The predicted molar refractivity (Wildman–Crippen MR) is 102 cm³/mol. The first kappa shape index (κ1) is 17.8. The summed E-state index contributed by atoms with van der Waals surface area (Å²) < 4.78 is 6.46. The molecule has 3 aromatic heterocycles. The fourth-order valence-corrected chi connectivity index (χ4v) is 4.41. The van der Waals surface area contributed by atoms with Crippen molar-refractivity contribution in [3.05, 3.63) is 32.2 Å². The van der Waals surface area contributed by atoms with Crippen LogP contribution in [-0.4, -0.2) is 28.9 Å². The van der Waals surface area contributed by atoms with Gasteiger partial charge in [-0.25, -0.2) is 4.79 Å². The van der Waals surface area contributed by atoms with Crippen LogP contribution in [0.15, 0.2) is 9.59 Å². The van der Waals surface area contributed by atoms with E-state index in [4.69, 9.17) is 4.98 Å². The van der Waals surface area contributed by atoms with Crippen LogP contribution in [-0.2, 0) is 18.4 Å². The number of hydrogen-bond donors (Lipinski definition) is 0. The number of nitrogens with zero attached hydrogens (tertiary/aromatic N) is 5. The van der Waals surface area contributed by atoms with Crippen molar-refractivity contribution in [2.24, 2.45) is 7.05 Å². The highest BCUT2D eigenvalue weighted by molar-refractivity contribution is 5.78. The lowest BCUT2D eigenvalue weighted by Crippen LogP contribution is -2.40. The van der Waals surface area contributed by atoms with Gasteiger partial charge < -0.3 is 4.57 Å². The summed E-state index contributed by atoms with van der Waals surface area (Å²) in [5.41, 5.74) is 1.80. The third kappa shape index (κ3) is 2.49. The van der Waals surface area contributed by atoms with E-state index in [1.54, 1.807) is 7.05 Å². The smallest absolute Gasteiger partial charge is 0.311 e. The Hall–Kier alpha value is -2.64. The molecule has 0 unspecified atom stereocenters. The number of rotatable bonds is 3. The lowest BCUT2D eigenvalue weighted by Gasteiger charge is -2.24. The summed E-state index contributed by atoms with van der Waals surface area (Å²) in [6, 6.07) is 0.364. The molecular formula is C19H25N5O3. The van der Waals surface area contributed by atoms with Crippen molar-refractivity contribution in [1.29, 1.82) is 0 Å². The van der Waals surface area contributed by atoms with Crippen molar-refractivity contribution in [3.63, 3.8) is 0 Å². The van der Waals surface area contributed by atoms with Crippen molar-refractivity contribution >= 4 is 22.7 Å². The van der Waals surface area contributed by atoms with Crippen LogP contribution in [0.25, 0.3) is 16.9 Å². The van der Waals surface area contributed by atoms with E-state index < -0.39 is 11.2 Å². The summed E-state index contributed by atoms with van der Waals surface area (Å²) in [5.74, 6) is 0.474. The van der Waals surface area contributed by atoms with Gasteiger partial charge in [-0.15, -0.1) is 0 Å². The van der Waals surface area contributed by atoms with Gasteiger partial charge >= 0.3 is 5.69 Å². The molecule has 0 saturated heterocycles. The van der Waals surface area contributed by atoms with Gasteiger partial charge in [0.15, 0.2) is 11.2 Å². The van der Waals surface area contributed by atoms with E-state index in [1.165, 1.54) is 30.8 Å². The van der Waals surface area contributed by atoms with Gasteiger partial charge in [0, 0.05) is 24.5 Å². The molecule has 0 spiro atoms. The molecule has 1 fully saturated rings. The number of ketones is 1. The number of carbonyl (C=O) groups excluding carboxylic acids is 1. The van der Waals surface area contributed by atoms with Gasteiger partial charge in [-0.1, -0.05) is 19.3 Å². The van der Waals surface area contributed by atoms with Crippen molar-refractivity contribution in [1.82, 2.24) is 23.1 Å². The number of aromatic nitrogens is 5. The number of aryl methyl sites for hydroxylation is 2. The largest absolute Gasteiger partial charge is 0.332 e. The van der Waals surface area contributed by atoms with Gasteiger partial charge in [0.2, 0.25) is 5.78 Å². The second-order valence-electron chi connectivity index (χ2n) is 7.69. The molecule has 0 aromatic carbocycles. The van der Waals surface area contributed by atoms with E-state index in [-0.39, 0.29) is 12.3 Å². The monoisotopic (exact) mass is 371 g/mol. The van der Waals surface area contributed by atoms with Crippen LogP contribution in [0, 0.1) is 13.8 Å². The molecule has 1 saturated carbocycles. The van der Waals surface area contributed by atoms with Gasteiger partial charge in [-0.05, 0) is 33.6 Å². The second-order valence-corrected chi connectivity index (χ2v) is 7.69. The number of carbonyl (C=O) groups is 1. The zero-order valence-electron chi connectivity index (χ0n) is 16.3. The molecule has 0 bridgehead atoms. The van der Waals surface area contributed by atoms with E-state index in [2.05, 4.69) is 11.5 Å². The third-order valence-electron chi connectivity index (χ3n) is 5.88. The highest BCUT2D eigenvalue weighted by atomic mass is 16.2. The van der Waals surface area contributed by atoms with E-state index >= 15 is 0 Å². The van der Waals surface area contributed by atoms with E-state index in [9.17, 15) is 14.4 Å². The summed E-state index contributed by atoms with van der Waals surface area (Å²) in [6.45, 7) is 5.18. The van der Waals surface area contributed by atoms with Crippen LogP contribution >= 0.6 is 0 Å². The normalized spacial score (nSPS) is 15.9. The Morgan fingerprint density at radius 1 is 1.11 bits per heavy atom. The van der Waals surface area contributed by atoms with Crippen LogP contribution < -0.4 is 11.2 Å². The quantitative estimate of drug-likeness (QED) is 0.703. The molecule has 8 heteroatoms.